The minimum atomic E-state index is 1.01. The van der Waals surface area contributed by atoms with Gasteiger partial charge in [0.15, 0.2) is 6.33 Å². The van der Waals surface area contributed by atoms with Crippen molar-refractivity contribution in [1.29, 1.82) is 0 Å². The smallest absolute Gasteiger partial charge is 0.178 e. The number of imidazole rings is 1. The molecule has 44 valence electrons. The van der Waals surface area contributed by atoms with E-state index in [4.69, 9.17) is 0 Å². The Labute approximate surface area is 56.8 Å². The summed E-state index contributed by atoms with van der Waals surface area (Å²) in [5.74, 6) is 0. The molecule has 0 bridgehead atoms. The van der Waals surface area contributed by atoms with Gasteiger partial charge in [-0.3, -0.25) is 0 Å². The standard InChI is InChI=1S/C6H4N2S/c1-8-4-7-6-5(8)2-3-9-6/h2H,1H3. The molecular weight excluding hydrogens is 132 g/mol. The van der Waals surface area contributed by atoms with E-state index in [9.17, 15) is 0 Å². The van der Waals surface area contributed by atoms with Gasteiger partial charge in [0.2, 0.25) is 0 Å². The van der Waals surface area contributed by atoms with E-state index in [-0.39, 0.29) is 0 Å². The quantitative estimate of drug-likeness (QED) is 0.532. The lowest BCUT2D eigenvalue weighted by atomic mass is 10.6. The summed E-state index contributed by atoms with van der Waals surface area (Å²) in [6, 6.07) is 1.92. The van der Waals surface area contributed by atoms with Crippen LogP contribution in [-0.2, 0) is 7.05 Å². The number of thiophene rings is 1. The molecule has 0 aliphatic carbocycles. The Morgan fingerprint density at radius 2 is 2.67 bits per heavy atom. The number of hydrogen-bond acceptors (Lipinski definition) is 2. The van der Waals surface area contributed by atoms with Crippen LogP contribution >= 0.6 is 11.3 Å². The van der Waals surface area contributed by atoms with E-state index in [1.807, 2.05) is 17.7 Å². The third kappa shape index (κ3) is 0.580. The van der Waals surface area contributed by atoms with E-state index < -0.39 is 0 Å². The molecule has 0 spiro atoms. The molecule has 2 radical (unpaired) electrons. The second-order valence-corrected chi connectivity index (χ2v) is 2.65. The summed E-state index contributed by atoms with van der Waals surface area (Å²) in [5.41, 5.74) is 1.11. The van der Waals surface area contributed by atoms with Crippen molar-refractivity contribution in [3.8, 4) is 0 Å². The van der Waals surface area contributed by atoms with Gasteiger partial charge in [-0.2, -0.15) is 0 Å². The molecule has 0 saturated heterocycles. The van der Waals surface area contributed by atoms with Gasteiger partial charge in [-0.1, -0.05) is 0 Å². The summed E-state index contributed by atoms with van der Waals surface area (Å²) < 4.78 is 1.86. The van der Waals surface area contributed by atoms with Crippen LogP contribution in [0, 0.1) is 11.7 Å². The summed E-state index contributed by atoms with van der Waals surface area (Å²) in [6.07, 6.45) is 2.81. The van der Waals surface area contributed by atoms with Crippen molar-refractivity contribution in [2.45, 2.75) is 0 Å². The van der Waals surface area contributed by atoms with Crippen molar-refractivity contribution >= 4 is 21.7 Å². The lowest BCUT2D eigenvalue weighted by molar-refractivity contribution is 0.936. The first-order valence-electron chi connectivity index (χ1n) is 2.58. The summed E-state index contributed by atoms with van der Waals surface area (Å²) in [4.78, 5) is 5.02. The minimum Gasteiger partial charge on any atom is -0.324 e. The molecule has 0 saturated carbocycles. The zero-order valence-electron chi connectivity index (χ0n) is 4.88. The van der Waals surface area contributed by atoms with Crippen LogP contribution in [0.5, 0.6) is 0 Å². The topological polar surface area (TPSA) is 17.8 Å². The second kappa shape index (κ2) is 1.57. The fourth-order valence-corrected chi connectivity index (χ4v) is 1.42. The highest BCUT2D eigenvalue weighted by Gasteiger charge is 1.98. The van der Waals surface area contributed by atoms with Crippen LogP contribution in [0.2, 0.25) is 0 Å². The monoisotopic (exact) mass is 136 g/mol. The number of nitrogens with zero attached hydrogens (tertiary/aromatic N) is 2. The molecule has 2 heterocycles. The lowest BCUT2D eigenvalue weighted by Gasteiger charge is -1.82. The van der Waals surface area contributed by atoms with E-state index >= 15 is 0 Å². The zero-order valence-corrected chi connectivity index (χ0v) is 5.70. The Kier molecular flexibility index (Phi) is 0.873. The predicted molar refractivity (Wildman–Crippen MR) is 36.3 cm³/mol. The van der Waals surface area contributed by atoms with Crippen molar-refractivity contribution in [1.82, 2.24) is 9.55 Å². The summed E-state index contributed by atoms with van der Waals surface area (Å²) >= 11 is 1.52. The van der Waals surface area contributed by atoms with Gasteiger partial charge in [0.25, 0.3) is 0 Å². The number of aryl methyl sites for hydroxylation is 1. The van der Waals surface area contributed by atoms with E-state index in [0.29, 0.717) is 0 Å². The Balaban J connectivity index is 2.99. The Morgan fingerprint density at radius 3 is 3.44 bits per heavy atom. The van der Waals surface area contributed by atoms with Crippen LogP contribution < -0.4 is 0 Å². The molecular formula is C6H4N2S. The SMILES string of the molecule is Cn1[c]nc2s[c]cc21. The van der Waals surface area contributed by atoms with Crippen molar-refractivity contribution in [2.75, 3.05) is 0 Å². The third-order valence-corrected chi connectivity index (χ3v) is 1.96. The average molecular weight is 136 g/mol. The van der Waals surface area contributed by atoms with Crippen LogP contribution in [0.25, 0.3) is 10.3 Å². The molecule has 0 atom stereocenters. The maximum atomic E-state index is 4.00. The normalized spacial score (nSPS) is 10.8. The molecule has 0 aromatic carbocycles. The van der Waals surface area contributed by atoms with E-state index in [0.717, 1.165) is 10.3 Å². The summed E-state index contributed by atoms with van der Waals surface area (Å²) in [5, 5.41) is 3.00. The van der Waals surface area contributed by atoms with Gasteiger partial charge in [0.05, 0.1) is 5.52 Å². The first kappa shape index (κ1) is 4.99. The molecule has 2 nitrogen and oxygen atoms in total. The van der Waals surface area contributed by atoms with Crippen molar-refractivity contribution in [3.05, 3.63) is 17.8 Å². The second-order valence-electron chi connectivity index (χ2n) is 1.83. The predicted octanol–water partition coefficient (Wildman–Crippen LogP) is 1.24. The van der Waals surface area contributed by atoms with E-state index in [2.05, 4.69) is 16.7 Å². The van der Waals surface area contributed by atoms with E-state index in [1.165, 1.54) is 11.3 Å². The molecule has 0 fully saturated rings. The van der Waals surface area contributed by atoms with Crippen molar-refractivity contribution < 1.29 is 0 Å². The van der Waals surface area contributed by atoms with Gasteiger partial charge in [-0.15, -0.1) is 11.3 Å². The van der Waals surface area contributed by atoms with E-state index in [1.54, 1.807) is 0 Å². The van der Waals surface area contributed by atoms with Crippen molar-refractivity contribution in [2.24, 2.45) is 7.05 Å². The molecule has 0 N–H and O–H groups in total. The molecule has 0 aliphatic heterocycles. The van der Waals surface area contributed by atoms with Crippen LogP contribution in [0.3, 0.4) is 0 Å². The maximum absolute atomic E-state index is 4.00. The van der Waals surface area contributed by atoms with Crippen LogP contribution in [0.15, 0.2) is 6.07 Å². The van der Waals surface area contributed by atoms with Crippen molar-refractivity contribution in [3.63, 3.8) is 0 Å². The highest BCUT2D eigenvalue weighted by atomic mass is 32.1. The largest absolute Gasteiger partial charge is 0.324 e. The van der Waals surface area contributed by atoms with Gasteiger partial charge >= 0.3 is 0 Å². The minimum absolute atomic E-state index is 1.01. The molecule has 2 aromatic heterocycles. The summed E-state index contributed by atoms with van der Waals surface area (Å²) in [7, 11) is 1.93. The molecule has 3 heteroatoms. The molecule has 0 unspecified atom stereocenters. The number of rotatable bonds is 0. The molecule has 2 aromatic rings. The number of hydrogen-bond donors (Lipinski definition) is 0. The lowest BCUT2D eigenvalue weighted by Crippen LogP contribution is -1.80. The van der Waals surface area contributed by atoms with Crippen LogP contribution in [-0.4, -0.2) is 9.55 Å². The average Bonchev–Trinajstić information content (AvgIpc) is 2.35. The zero-order chi connectivity index (χ0) is 6.27. The fraction of sp³-hybridized carbons (Fsp3) is 0.167. The van der Waals surface area contributed by atoms with Gasteiger partial charge < -0.3 is 4.57 Å². The van der Waals surface area contributed by atoms with Gasteiger partial charge in [0, 0.05) is 12.4 Å². The fourth-order valence-electron chi connectivity index (χ4n) is 0.750. The Hall–Kier alpha value is -0.830. The first-order valence-corrected chi connectivity index (χ1v) is 3.39. The summed E-state index contributed by atoms with van der Waals surface area (Å²) in [6.45, 7) is 0. The molecule has 9 heavy (non-hydrogen) atoms. The number of fused-ring (bicyclic) bond motifs is 1. The maximum Gasteiger partial charge on any atom is 0.178 e. The third-order valence-electron chi connectivity index (χ3n) is 1.23. The van der Waals surface area contributed by atoms with Gasteiger partial charge in [-0.05, 0) is 6.07 Å². The van der Waals surface area contributed by atoms with Gasteiger partial charge in [-0.25, -0.2) is 4.98 Å². The first-order chi connectivity index (χ1) is 4.38. The van der Waals surface area contributed by atoms with Gasteiger partial charge in [0.1, 0.15) is 4.83 Å². The molecule has 2 rings (SSSR count). The highest BCUT2D eigenvalue weighted by Crippen LogP contribution is 2.15. The highest BCUT2D eigenvalue weighted by molar-refractivity contribution is 7.16. The molecule has 0 amide bonds. The van der Waals surface area contributed by atoms with Crippen LogP contribution in [0.4, 0.5) is 0 Å². The van der Waals surface area contributed by atoms with Crippen LogP contribution in [0.1, 0.15) is 0 Å². The Bertz CT molecular complexity index is 320. The molecule has 0 aliphatic rings. The number of aromatic nitrogens is 2. The Morgan fingerprint density at radius 1 is 1.78 bits per heavy atom.